The average molecular weight is 428 g/mol. The molecule has 0 radical (unpaired) electrons. The second-order valence-corrected chi connectivity index (χ2v) is 6.00. The van der Waals surface area contributed by atoms with Crippen LogP contribution in [0.25, 0.3) is 6.08 Å². The van der Waals surface area contributed by atoms with Crippen molar-refractivity contribution in [3.05, 3.63) is 34.3 Å². The van der Waals surface area contributed by atoms with E-state index >= 15 is 0 Å². The molecule has 0 fully saturated rings. The second-order valence-electron chi connectivity index (χ2n) is 5.09. The third-order valence-electron chi connectivity index (χ3n) is 3.12. The second kappa shape index (κ2) is 12.1. The first kappa shape index (κ1) is 21.7. The lowest BCUT2D eigenvalue weighted by molar-refractivity contribution is -0.143. The molecule has 0 unspecified atom stereocenters. The molecular formula is C18H22BrNO6. The van der Waals surface area contributed by atoms with Crippen molar-refractivity contribution in [2.24, 2.45) is 0 Å². The molecule has 1 aromatic rings. The molecule has 0 aromatic heterocycles. The molecule has 0 aliphatic heterocycles. The Kier molecular flexibility index (Phi) is 10.1. The van der Waals surface area contributed by atoms with Crippen molar-refractivity contribution in [3.8, 4) is 5.75 Å². The van der Waals surface area contributed by atoms with Crippen LogP contribution in [0, 0.1) is 0 Å². The van der Waals surface area contributed by atoms with Crippen LogP contribution in [0.2, 0.25) is 0 Å². The largest absolute Gasteiger partial charge is 0.496 e. The Hall–Kier alpha value is -2.35. The van der Waals surface area contributed by atoms with Crippen LogP contribution in [0.4, 0.5) is 0 Å². The van der Waals surface area contributed by atoms with Gasteiger partial charge < -0.3 is 19.5 Å². The highest BCUT2D eigenvalue weighted by atomic mass is 79.9. The van der Waals surface area contributed by atoms with Crippen LogP contribution in [-0.4, -0.2) is 44.7 Å². The van der Waals surface area contributed by atoms with Gasteiger partial charge in [-0.2, -0.15) is 0 Å². The number of methoxy groups -OCH3 is 1. The number of amides is 1. The van der Waals surface area contributed by atoms with E-state index in [2.05, 4.69) is 21.2 Å². The molecule has 0 aliphatic rings. The van der Waals surface area contributed by atoms with Gasteiger partial charge in [0.2, 0.25) is 0 Å². The van der Waals surface area contributed by atoms with E-state index in [1.165, 1.54) is 13.2 Å². The summed E-state index contributed by atoms with van der Waals surface area (Å²) in [6.45, 7) is 1.98. The number of esters is 2. The van der Waals surface area contributed by atoms with E-state index in [0.29, 0.717) is 30.9 Å². The minimum atomic E-state index is -0.645. The van der Waals surface area contributed by atoms with Crippen molar-refractivity contribution in [2.45, 2.75) is 19.8 Å². The molecule has 1 amide bonds. The summed E-state index contributed by atoms with van der Waals surface area (Å²) in [6, 6.07) is 5.37. The van der Waals surface area contributed by atoms with Crippen molar-refractivity contribution in [3.63, 3.8) is 0 Å². The first-order valence-electron chi connectivity index (χ1n) is 8.07. The predicted molar refractivity (Wildman–Crippen MR) is 99.6 cm³/mol. The Morgan fingerprint density at radius 2 is 2.00 bits per heavy atom. The molecule has 142 valence electrons. The van der Waals surface area contributed by atoms with E-state index in [0.717, 1.165) is 4.47 Å². The van der Waals surface area contributed by atoms with Gasteiger partial charge in [0.25, 0.3) is 5.91 Å². The minimum absolute atomic E-state index is 0.227. The van der Waals surface area contributed by atoms with Crippen molar-refractivity contribution >= 4 is 39.9 Å². The topological polar surface area (TPSA) is 90.9 Å². The van der Waals surface area contributed by atoms with Gasteiger partial charge in [-0.15, -0.1) is 0 Å². The zero-order chi connectivity index (χ0) is 19.4. The number of benzene rings is 1. The first-order chi connectivity index (χ1) is 12.5. The smallest absolute Gasteiger partial charge is 0.331 e. The zero-order valence-electron chi connectivity index (χ0n) is 14.7. The van der Waals surface area contributed by atoms with Gasteiger partial charge in [-0.25, -0.2) is 4.79 Å². The summed E-state index contributed by atoms with van der Waals surface area (Å²) in [5, 5.41) is 2.56. The molecule has 0 bridgehead atoms. The standard InChI is InChI=1S/C18H22BrNO6/c1-3-25-17(22)5-4-10-20-16(21)12-26-18(23)9-6-13-11-14(19)7-8-15(13)24-2/h6-9,11H,3-5,10,12H2,1-2H3,(H,20,21)/b9-6+. The summed E-state index contributed by atoms with van der Waals surface area (Å²) in [5.41, 5.74) is 0.697. The van der Waals surface area contributed by atoms with Gasteiger partial charge in [-0.1, -0.05) is 15.9 Å². The number of carbonyl (C=O) groups excluding carboxylic acids is 3. The zero-order valence-corrected chi connectivity index (χ0v) is 16.3. The average Bonchev–Trinajstić information content (AvgIpc) is 2.62. The van der Waals surface area contributed by atoms with Gasteiger partial charge >= 0.3 is 11.9 Å². The molecular weight excluding hydrogens is 406 g/mol. The molecule has 0 spiro atoms. The van der Waals surface area contributed by atoms with E-state index in [4.69, 9.17) is 14.2 Å². The summed E-state index contributed by atoms with van der Waals surface area (Å²) in [5.74, 6) is -0.776. The summed E-state index contributed by atoms with van der Waals surface area (Å²) in [6.07, 6.45) is 3.45. The molecule has 1 rings (SSSR count). The van der Waals surface area contributed by atoms with Crippen molar-refractivity contribution < 1.29 is 28.6 Å². The third kappa shape index (κ3) is 8.66. The van der Waals surface area contributed by atoms with E-state index in [1.807, 2.05) is 6.07 Å². The maximum absolute atomic E-state index is 11.7. The molecule has 26 heavy (non-hydrogen) atoms. The Bertz CT molecular complexity index is 659. The highest BCUT2D eigenvalue weighted by Crippen LogP contribution is 2.24. The highest BCUT2D eigenvalue weighted by Gasteiger charge is 2.07. The van der Waals surface area contributed by atoms with Crippen LogP contribution in [0.3, 0.4) is 0 Å². The monoisotopic (exact) mass is 427 g/mol. The van der Waals surface area contributed by atoms with E-state index < -0.39 is 18.5 Å². The minimum Gasteiger partial charge on any atom is -0.496 e. The van der Waals surface area contributed by atoms with Crippen LogP contribution < -0.4 is 10.1 Å². The fraction of sp³-hybridized carbons (Fsp3) is 0.389. The van der Waals surface area contributed by atoms with Crippen molar-refractivity contribution in [2.75, 3.05) is 26.9 Å². The summed E-state index contributed by atoms with van der Waals surface area (Å²) in [7, 11) is 1.53. The summed E-state index contributed by atoms with van der Waals surface area (Å²) < 4.78 is 15.7. The maximum atomic E-state index is 11.7. The van der Waals surface area contributed by atoms with Gasteiger partial charge in [0.15, 0.2) is 6.61 Å². The van der Waals surface area contributed by atoms with Gasteiger partial charge in [-0.3, -0.25) is 9.59 Å². The molecule has 1 N–H and O–H groups in total. The van der Waals surface area contributed by atoms with Crippen molar-refractivity contribution in [1.82, 2.24) is 5.32 Å². The number of carbonyl (C=O) groups is 3. The van der Waals surface area contributed by atoms with Crippen LogP contribution in [0.1, 0.15) is 25.3 Å². The molecule has 8 heteroatoms. The number of hydrogen-bond acceptors (Lipinski definition) is 6. The maximum Gasteiger partial charge on any atom is 0.331 e. The molecule has 0 aliphatic carbocycles. The lowest BCUT2D eigenvalue weighted by Gasteiger charge is -2.06. The van der Waals surface area contributed by atoms with Crippen LogP contribution in [0.15, 0.2) is 28.7 Å². The molecule has 0 saturated heterocycles. The molecule has 1 aromatic carbocycles. The van der Waals surface area contributed by atoms with E-state index in [9.17, 15) is 14.4 Å². The fourth-order valence-corrected chi connectivity index (χ4v) is 2.30. The lowest BCUT2D eigenvalue weighted by Crippen LogP contribution is -2.29. The Labute approximate surface area is 160 Å². The normalized spacial score (nSPS) is 10.4. The van der Waals surface area contributed by atoms with Gasteiger partial charge in [-0.05, 0) is 37.6 Å². The summed E-state index contributed by atoms with van der Waals surface area (Å²) >= 11 is 3.34. The van der Waals surface area contributed by atoms with Gasteiger partial charge in [0.05, 0.1) is 13.7 Å². The van der Waals surface area contributed by atoms with E-state index in [1.54, 1.807) is 25.1 Å². The molecule has 0 heterocycles. The summed E-state index contributed by atoms with van der Waals surface area (Å²) in [4.78, 5) is 34.4. The number of halogens is 1. The van der Waals surface area contributed by atoms with Crippen LogP contribution >= 0.6 is 15.9 Å². The third-order valence-corrected chi connectivity index (χ3v) is 3.61. The quantitative estimate of drug-likeness (QED) is 0.350. The Morgan fingerprint density at radius 1 is 1.23 bits per heavy atom. The Morgan fingerprint density at radius 3 is 2.69 bits per heavy atom. The van der Waals surface area contributed by atoms with Gasteiger partial charge in [0, 0.05) is 29.1 Å². The lowest BCUT2D eigenvalue weighted by atomic mass is 10.2. The highest BCUT2D eigenvalue weighted by molar-refractivity contribution is 9.10. The van der Waals surface area contributed by atoms with Crippen molar-refractivity contribution in [1.29, 1.82) is 0 Å². The Balaban J connectivity index is 2.32. The van der Waals surface area contributed by atoms with Gasteiger partial charge in [0.1, 0.15) is 5.75 Å². The number of hydrogen-bond donors (Lipinski definition) is 1. The SMILES string of the molecule is CCOC(=O)CCCNC(=O)COC(=O)/C=C/c1cc(Br)ccc1OC. The van der Waals surface area contributed by atoms with Crippen LogP contribution in [0.5, 0.6) is 5.75 Å². The fourth-order valence-electron chi connectivity index (χ4n) is 1.92. The number of rotatable bonds is 10. The number of ether oxygens (including phenoxy) is 3. The molecule has 0 atom stereocenters. The van der Waals surface area contributed by atoms with E-state index in [-0.39, 0.29) is 12.4 Å². The molecule has 0 saturated carbocycles. The predicted octanol–water partition coefficient (Wildman–Crippen LogP) is 2.47. The number of nitrogens with one attached hydrogen (secondary N) is 1. The molecule has 7 nitrogen and oxygen atoms in total. The van der Waals surface area contributed by atoms with Crippen LogP contribution in [-0.2, 0) is 23.9 Å². The first-order valence-corrected chi connectivity index (χ1v) is 8.86.